The van der Waals surface area contributed by atoms with Gasteiger partial charge >= 0.3 is 0 Å². The molecule has 1 aromatic rings. The van der Waals surface area contributed by atoms with Gasteiger partial charge in [-0.25, -0.2) is 0 Å². The number of rotatable bonds is 1. The Kier molecular flexibility index (Phi) is 2.58. The van der Waals surface area contributed by atoms with Gasteiger partial charge in [-0.2, -0.15) is 9.21 Å². The molecule has 0 N–H and O–H groups in total. The molecular weight excluding hydrogens is 176 g/mol. The fraction of sp³-hybridized carbons (Fsp3) is 0.333. The van der Waals surface area contributed by atoms with Crippen LogP contribution >= 0.6 is 9.21 Å². The zero-order chi connectivity index (χ0) is 10.1. The van der Waals surface area contributed by atoms with Crippen LogP contribution in [-0.4, -0.2) is 16.5 Å². The van der Waals surface area contributed by atoms with Gasteiger partial charge in [0.2, 0.25) is 0 Å². The van der Waals surface area contributed by atoms with Crippen LogP contribution < -0.4 is 0 Å². The van der Waals surface area contributed by atoms with Crippen LogP contribution in [0.15, 0.2) is 35.2 Å². The maximum absolute atomic E-state index is 4.28. The van der Waals surface area contributed by atoms with Crippen molar-refractivity contribution in [3.05, 3.63) is 30.3 Å². The Morgan fingerprint density at radius 1 is 1.00 bits per heavy atom. The van der Waals surface area contributed by atoms with Gasteiger partial charge < -0.3 is 0 Å². The summed E-state index contributed by atoms with van der Waals surface area (Å²) >= 11 is 0. The molecule has 0 aromatic heterocycles. The summed E-state index contributed by atoms with van der Waals surface area (Å²) in [7, 11) is -1.18. The van der Waals surface area contributed by atoms with E-state index in [9.17, 15) is 0 Å². The predicted octanol–water partition coefficient (Wildman–Crippen LogP) is 3.51. The third-order valence-corrected chi connectivity index (χ3v) is 5.89. The van der Waals surface area contributed by atoms with E-state index >= 15 is 0 Å². The van der Waals surface area contributed by atoms with Crippen molar-refractivity contribution in [1.82, 2.24) is 0 Å². The topological polar surface area (TPSA) is 0 Å². The summed E-state index contributed by atoms with van der Waals surface area (Å²) < 4.78 is 0.161. The number of benzene rings is 1. The van der Waals surface area contributed by atoms with Crippen LogP contribution in [0.5, 0.6) is 0 Å². The highest BCUT2D eigenvalue weighted by Gasteiger charge is 2.18. The molecule has 72 valence electrons. The van der Waals surface area contributed by atoms with Crippen LogP contribution in [0.4, 0.5) is 0 Å². The van der Waals surface area contributed by atoms with Gasteiger partial charge in [-0.05, 0) is 17.0 Å². The normalized spacial score (nSPS) is 12.8. The van der Waals surface area contributed by atoms with Crippen LogP contribution in [0.25, 0.3) is 0 Å². The molecule has 0 heterocycles. The molecule has 0 amide bonds. The smallest absolute Gasteiger partial charge is 0.00138 e. The zero-order valence-corrected chi connectivity index (χ0v) is 9.53. The molecule has 0 radical (unpaired) electrons. The molecule has 0 nitrogen and oxygen atoms in total. The third kappa shape index (κ3) is 1.97. The Bertz CT molecular complexity index is 363. The minimum absolute atomic E-state index is 0.161. The fourth-order valence-electron chi connectivity index (χ4n) is 1.03. The molecule has 1 heteroatoms. The molecule has 0 spiro atoms. The van der Waals surface area contributed by atoms with E-state index in [1.165, 1.54) is 4.90 Å². The van der Waals surface area contributed by atoms with Gasteiger partial charge in [0, 0.05) is 4.75 Å². The van der Waals surface area contributed by atoms with E-state index in [0.29, 0.717) is 0 Å². The third-order valence-electron chi connectivity index (χ3n) is 2.37. The lowest BCUT2D eigenvalue weighted by Gasteiger charge is -2.30. The van der Waals surface area contributed by atoms with Gasteiger partial charge in [0.25, 0.3) is 0 Å². The average molecular weight is 194 g/mol. The molecule has 13 heavy (non-hydrogen) atoms. The van der Waals surface area contributed by atoms with Gasteiger partial charge in [-0.1, -0.05) is 50.7 Å². The lowest BCUT2D eigenvalue weighted by atomic mass is 10.3. The summed E-state index contributed by atoms with van der Waals surface area (Å²) in [5.74, 6) is 8.57. The Labute approximate surface area is 82.1 Å². The zero-order valence-electron chi connectivity index (χ0n) is 8.71. The predicted molar refractivity (Wildman–Crippen MR) is 66.3 cm³/mol. The van der Waals surface area contributed by atoms with Gasteiger partial charge in [0.05, 0.1) is 0 Å². The molecule has 0 aliphatic carbocycles. The molecule has 0 atom stereocenters. The van der Waals surface area contributed by atoms with Crippen LogP contribution in [0, 0.1) is 0 Å². The van der Waals surface area contributed by atoms with E-state index < -0.39 is 9.21 Å². The van der Waals surface area contributed by atoms with Crippen molar-refractivity contribution in [3.8, 4) is 0 Å². The molecular formula is C12H18S. The lowest BCUT2D eigenvalue weighted by molar-refractivity contribution is 0.799. The SMILES string of the molecule is C=S(=C)(c1ccccc1)C(C)(C)C. The van der Waals surface area contributed by atoms with Gasteiger partial charge in [-0.3, -0.25) is 0 Å². The van der Waals surface area contributed by atoms with Crippen molar-refractivity contribution in [2.24, 2.45) is 0 Å². The standard InChI is InChI=1S/C12H18S/c1-12(2,3)13(4,5)11-9-7-6-8-10-11/h6-10H,4-5H2,1-3H3. The first-order chi connectivity index (χ1) is 5.86. The van der Waals surface area contributed by atoms with Gasteiger partial charge in [0.15, 0.2) is 0 Å². The van der Waals surface area contributed by atoms with E-state index in [2.05, 4.69) is 56.8 Å². The largest absolute Gasteiger partial charge is 0.182 e. The second-order valence-electron chi connectivity index (χ2n) is 4.31. The molecule has 0 bridgehead atoms. The highest BCUT2D eigenvalue weighted by Crippen LogP contribution is 2.43. The first kappa shape index (κ1) is 10.4. The molecule has 1 aromatic carbocycles. The first-order valence-electron chi connectivity index (χ1n) is 4.40. The fourth-order valence-corrected chi connectivity index (χ4v) is 2.42. The van der Waals surface area contributed by atoms with Crippen molar-refractivity contribution in [2.75, 3.05) is 0 Å². The molecule has 0 aliphatic rings. The summed E-state index contributed by atoms with van der Waals surface area (Å²) in [6.45, 7) is 6.61. The minimum Gasteiger partial charge on any atom is -0.182 e. The van der Waals surface area contributed by atoms with E-state index in [4.69, 9.17) is 0 Å². The molecule has 1 rings (SSSR count). The summed E-state index contributed by atoms with van der Waals surface area (Å²) in [5.41, 5.74) is 0. The minimum atomic E-state index is -1.18. The van der Waals surface area contributed by atoms with Crippen molar-refractivity contribution in [1.29, 1.82) is 0 Å². The monoisotopic (exact) mass is 194 g/mol. The van der Waals surface area contributed by atoms with Gasteiger partial charge in [-0.15, -0.1) is 0 Å². The van der Waals surface area contributed by atoms with Crippen molar-refractivity contribution < 1.29 is 0 Å². The van der Waals surface area contributed by atoms with Crippen molar-refractivity contribution >= 4 is 20.9 Å². The summed E-state index contributed by atoms with van der Waals surface area (Å²) in [6, 6.07) is 10.4. The number of hydrogen-bond acceptors (Lipinski definition) is 0. The van der Waals surface area contributed by atoms with E-state index in [0.717, 1.165) is 0 Å². The maximum Gasteiger partial charge on any atom is 0.00138 e. The van der Waals surface area contributed by atoms with Crippen molar-refractivity contribution in [3.63, 3.8) is 0 Å². The Morgan fingerprint density at radius 2 is 1.46 bits per heavy atom. The Hall–Kier alpha value is -0.690. The quantitative estimate of drug-likeness (QED) is 0.600. The van der Waals surface area contributed by atoms with Gasteiger partial charge in [0.1, 0.15) is 0 Å². The van der Waals surface area contributed by atoms with Crippen LogP contribution in [0.2, 0.25) is 0 Å². The summed E-state index contributed by atoms with van der Waals surface area (Å²) in [5, 5.41) is 0. The van der Waals surface area contributed by atoms with Crippen LogP contribution in [0.3, 0.4) is 0 Å². The molecule has 0 saturated heterocycles. The van der Waals surface area contributed by atoms with Crippen LogP contribution in [-0.2, 0) is 0 Å². The van der Waals surface area contributed by atoms with E-state index in [1.54, 1.807) is 0 Å². The first-order valence-corrected chi connectivity index (χ1v) is 6.37. The maximum atomic E-state index is 4.28. The highest BCUT2D eigenvalue weighted by atomic mass is 32.2. The van der Waals surface area contributed by atoms with E-state index in [-0.39, 0.29) is 4.75 Å². The molecule has 0 fully saturated rings. The highest BCUT2D eigenvalue weighted by molar-refractivity contribution is 8.28. The second kappa shape index (κ2) is 3.22. The van der Waals surface area contributed by atoms with Crippen LogP contribution in [0.1, 0.15) is 20.8 Å². The summed E-state index contributed by atoms with van der Waals surface area (Å²) in [4.78, 5) is 1.28. The Balaban J connectivity index is 3.26. The molecule has 0 unspecified atom stereocenters. The second-order valence-corrected chi connectivity index (χ2v) is 7.77. The Morgan fingerprint density at radius 3 is 1.85 bits per heavy atom. The summed E-state index contributed by atoms with van der Waals surface area (Å²) in [6.07, 6.45) is 0. The lowest BCUT2D eigenvalue weighted by Crippen LogP contribution is -2.13. The van der Waals surface area contributed by atoms with E-state index in [1.807, 2.05) is 6.07 Å². The average Bonchev–Trinajstić information content (AvgIpc) is 2.04. The van der Waals surface area contributed by atoms with Crippen molar-refractivity contribution in [2.45, 2.75) is 30.4 Å². The molecule has 0 aliphatic heterocycles. The number of hydrogen-bond donors (Lipinski definition) is 0. The molecule has 0 saturated carbocycles.